The van der Waals surface area contributed by atoms with Crippen molar-refractivity contribution >= 4 is 23.0 Å². The van der Waals surface area contributed by atoms with E-state index in [2.05, 4.69) is 53.2 Å². The summed E-state index contributed by atoms with van der Waals surface area (Å²) < 4.78 is 10.8. The van der Waals surface area contributed by atoms with E-state index in [9.17, 15) is 4.79 Å². The molecule has 3 aromatic rings. The third kappa shape index (κ3) is 6.21. The average Bonchev–Trinajstić information content (AvgIpc) is 3.37. The van der Waals surface area contributed by atoms with Gasteiger partial charge in [0.15, 0.2) is 0 Å². The van der Waals surface area contributed by atoms with Crippen molar-refractivity contribution in [1.82, 2.24) is 10.2 Å². The summed E-state index contributed by atoms with van der Waals surface area (Å²) in [7, 11) is 1.38. The lowest BCUT2D eigenvalue weighted by Gasteiger charge is -2.33. The predicted octanol–water partition coefficient (Wildman–Crippen LogP) is 6.08. The summed E-state index contributed by atoms with van der Waals surface area (Å²) in [6.45, 7) is 7.47. The van der Waals surface area contributed by atoms with Crippen LogP contribution >= 0.6 is 11.3 Å². The Hall–Kier alpha value is -2.77. The number of methoxy groups -OCH3 is 1. The number of carbonyl (C=O) groups is 1. The van der Waals surface area contributed by atoms with Crippen LogP contribution in [0.5, 0.6) is 0 Å². The maximum absolute atomic E-state index is 11.6. The van der Waals surface area contributed by atoms with Crippen molar-refractivity contribution in [3.05, 3.63) is 54.1 Å². The van der Waals surface area contributed by atoms with E-state index in [1.54, 1.807) is 23.5 Å². The number of rotatable bonds is 9. The Kier molecular flexibility index (Phi) is 8.29. The van der Waals surface area contributed by atoms with Crippen LogP contribution in [0.3, 0.4) is 0 Å². The van der Waals surface area contributed by atoms with Crippen LogP contribution < -0.4 is 4.90 Å². The van der Waals surface area contributed by atoms with Crippen LogP contribution in [0, 0.1) is 5.92 Å². The highest BCUT2D eigenvalue weighted by Gasteiger charge is 2.20. The highest BCUT2D eigenvalue weighted by molar-refractivity contribution is 7.17. The summed E-state index contributed by atoms with van der Waals surface area (Å²) in [5.41, 5.74) is 3.75. The van der Waals surface area contributed by atoms with Gasteiger partial charge in [0.2, 0.25) is 0 Å². The summed E-state index contributed by atoms with van der Waals surface area (Å²) >= 11 is 1.54. The van der Waals surface area contributed by atoms with Crippen molar-refractivity contribution < 1.29 is 14.3 Å². The normalized spacial score (nSPS) is 14.5. The molecule has 0 radical (unpaired) electrons. The summed E-state index contributed by atoms with van der Waals surface area (Å²) in [6, 6.07) is 15.8. The molecule has 0 unspecified atom stereocenters. The minimum Gasteiger partial charge on any atom is -0.465 e. The van der Waals surface area contributed by atoms with Gasteiger partial charge in [-0.15, -0.1) is 10.2 Å². The van der Waals surface area contributed by atoms with Crippen LogP contribution in [0.25, 0.3) is 21.1 Å². The fourth-order valence-electron chi connectivity index (χ4n) is 4.16. The molecule has 0 saturated carbocycles. The second kappa shape index (κ2) is 11.6. The molecule has 0 bridgehead atoms. The molecule has 1 aliphatic rings. The quantitative estimate of drug-likeness (QED) is 0.274. The van der Waals surface area contributed by atoms with Gasteiger partial charge in [0, 0.05) is 36.5 Å². The smallest absolute Gasteiger partial charge is 0.337 e. The molecule has 1 aliphatic heterocycles. The van der Waals surface area contributed by atoms with E-state index in [1.165, 1.54) is 19.2 Å². The van der Waals surface area contributed by atoms with Gasteiger partial charge in [0.25, 0.3) is 0 Å². The van der Waals surface area contributed by atoms with E-state index in [-0.39, 0.29) is 5.97 Å². The number of piperidine rings is 1. The van der Waals surface area contributed by atoms with Gasteiger partial charge < -0.3 is 14.4 Å². The molecule has 34 heavy (non-hydrogen) atoms. The fraction of sp³-hybridized carbons (Fsp3) is 0.444. The Bertz CT molecular complexity index is 1060. The molecule has 2 aromatic carbocycles. The average molecular weight is 480 g/mol. The monoisotopic (exact) mass is 479 g/mol. The zero-order chi connectivity index (χ0) is 23.9. The Labute approximate surface area is 205 Å². The summed E-state index contributed by atoms with van der Waals surface area (Å²) in [6.07, 6.45) is 4.95. The fourth-order valence-corrected chi connectivity index (χ4v) is 5.01. The predicted molar refractivity (Wildman–Crippen MR) is 137 cm³/mol. The van der Waals surface area contributed by atoms with Crippen molar-refractivity contribution in [2.75, 3.05) is 31.7 Å². The van der Waals surface area contributed by atoms with Crippen molar-refractivity contribution in [2.45, 2.75) is 45.6 Å². The number of hydrogen-bond acceptors (Lipinski definition) is 7. The Morgan fingerprint density at radius 3 is 2.15 bits per heavy atom. The first kappa shape index (κ1) is 24.4. The molecule has 2 heterocycles. The number of benzene rings is 2. The first-order chi connectivity index (χ1) is 16.5. The molecule has 6 nitrogen and oxygen atoms in total. The van der Waals surface area contributed by atoms with Gasteiger partial charge in [-0.2, -0.15) is 0 Å². The van der Waals surface area contributed by atoms with E-state index in [1.807, 2.05) is 12.1 Å². The Balaban J connectivity index is 1.31. The Morgan fingerprint density at radius 1 is 1.00 bits per heavy atom. The van der Waals surface area contributed by atoms with E-state index in [0.29, 0.717) is 11.7 Å². The Morgan fingerprint density at radius 2 is 1.59 bits per heavy atom. The van der Waals surface area contributed by atoms with Crippen LogP contribution in [0.15, 0.2) is 48.5 Å². The topological polar surface area (TPSA) is 64.5 Å². The minimum atomic E-state index is -0.344. The van der Waals surface area contributed by atoms with E-state index < -0.39 is 0 Å². The number of nitrogens with zero attached hydrogens (tertiary/aromatic N) is 3. The van der Waals surface area contributed by atoms with E-state index >= 15 is 0 Å². The highest BCUT2D eigenvalue weighted by Crippen LogP contribution is 2.31. The van der Waals surface area contributed by atoms with E-state index in [4.69, 9.17) is 9.47 Å². The van der Waals surface area contributed by atoms with Gasteiger partial charge in [-0.3, -0.25) is 0 Å². The number of aromatic nitrogens is 2. The largest absolute Gasteiger partial charge is 0.465 e. The third-order valence-corrected chi connectivity index (χ3v) is 7.20. The van der Waals surface area contributed by atoms with Crippen LogP contribution in [-0.2, 0) is 9.47 Å². The van der Waals surface area contributed by atoms with Crippen molar-refractivity contribution in [3.8, 4) is 21.1 Å². The second-order valence-corrected chi connectivity index (χ2v) is 10.1. The molecule has 0 atom stereocenters. The van der Waals surface area contributed by atoms with Gasteiger partial charge in [0.05, 0.1) is 18.8 Å². The maximum Gasteiger partial charge on any atom is 0.337 e. The number of ether oxygens (including phenoxy) is 2. The molecule has 4 rings (SSSR count). The van der Waals surface area contributed by atoms with Crippen molar-refractivity contribution in [3.63, 3.8) is 0 Å². The van der Waals surface area contributed by atoms with Gasteiger partial charge in [0.1, 0.15) is 10.0 Å². The molecule has 0 amide bonds. The lowest BCUT2D eigenvalue weighted by atomic mass is 10.1. The maximum atomic E-state index is 11.6. The zero-order valence-corrected chi connectivity index (χ0v) is 21.0. The molecule has 0 N–H and O–H groups in total. The SMILES string of the molecule is COC(=O)c1ccc(-c2nnc(-c3ccc(N4CCC(OCCCC(C)C)CC4)cc3)s2)cc1. The summed E-state index contributed by atoms with van der Waals surface area (Å²) in [5.74, 6) is 0.405. The van der Waals surface area contributed by atoms with Gasteiger partial charge >= 0.3 is 5.97 Å². The molecule has 0 spiro atoms. The minimum absolute atomic E-state index is 0.344. The lowest BCUT2D eigenvalue weighted by Crippen LogP contribution is -2.37. The number of anilines is 1. The zero-order valence-electron chi connectivity index (χ0n) is 20.2. The number of hydrogen-bond donors (Lipinski definition) is 0. The second-order valence-electron chi connectivity index (χ2n) is 9.12. The molecular weight excluding hydrogens is 446 g/mol. The standard InChI is InChI=1S/C27H33N3O3S/c1-19(2)5-4-18-33-24-14-16-30(17-15-24)23-12-10-21(11-13-23)26-29-28-25(34-26)20-6-8-22(9-7-20)27(31)32-3/h6-13,19,24H,4-5,14-18H2,1-3H3. The van der Waals surface area contributed by atoms with Gasteiger partial charge in [-0.05, 0) is 68.0 Å². The molecule has 1 saturated heterocycles. The van der Waals surface area contributed by atoms with Crippen LogP contribution in [0.1, 0.15) is 49.9 Å². The third-order valence-electron chi connectivity index (χ3n) is 6.18. The van der Waals surface area contributed by atoms with Crippen molar-refractivity contribution in [2.24, 2.45) is 5.92 Å². The first-order valence-corrected chi connectivity index (χ1v) is 12.8. The molecule has 180 valence electrons. The lowest BCUT2D eigenvalue weighted by molar-refractivity contribution is 0.0338. The van der Waals surface area contributed by atoms with Crippen LogP contribution in [0.4, 0.5) is 5.69 Å². The first-order valence-electron chi connectivity index (χ1n) is 12.0. The molecule has 1 aromatic heterocycles. The van der Waals surface area contributed by atoms with Gasteiger partial charge in [-0.25, -0.2) is 4.79 Å². The molecule has 0 aliphatic carbocycles. The van der Waals surface area contributed by atoms with Crippen LogP contribution in [0.2, 0.25) is 0 Å². The summed E-state index contributed by atoms with van der Waals surface area (Å²) in [4.78, 5) is 14.1. The number of esters is 1. The molecule has 1 fully saturated rings. The number of carbonyl (C=O) groups excluding carboxylic acids is 1. The van der Waals surface area contributed by atoms with Crippen molar-refractivity contribution in [1.29, 1.82) is 0 Å². The molecular formula is C27H33N3O3S. The summed E-state index contributed by atoms with van der Waals surface area (Å²) in [5, 5.41) is 10.4. The van der Waals surface area contributed by atoms with Crippen LogP contribution in [-0.4, -0.2) is 49.1 Å². The molecule has 7 heteroatoms. The van der Waals surface area contributed by atoms with E-state index in [0.717, 1.165) is 66.0 Å². The highest BCUT2D eigenvalue weighted by atomic mass is 32.1. The van der Waals surface area contributed by atoms with Gasteiger partial charge in [-0.1, -0.05) is 37.3 Å².